The Morgan fingerprint density at radius 2 is 2.14 bits per heavy atom. The molecule has 0 amide bonds. The Balaban J connectivity index is 1.64. The Morgan fingerprint density at radius 3 is 2.86 bits per heavy atom. The average molecular weight is 197 g/mol. The van der Waals surface area contributed by atoms with Gasteiger partial charge in [0.2, 0.25) is 0 Å². The first-order valence-corrected chi connectivity index (χ1v) is 5.68. The number of rotatable bonds is 1. The van der Waals surface area contributed by atoms with Crippen molar-refractivity contribution in [2.75, 3.05) is 32.8 Å². The second-order valence-electron chi connectivity index (χ2n) is 4.83. The lowest BCUT2D eigenvalue weighted by Crippen LogP contribution is -2.42. The highest BCUT2D eigenvalue weighted by molar-refractivity contribution is 4.96. The van der Waals surface area contributed by atoms with E-state index in [0.717, 1.165) is 32.2 Å². The lowest BCUT2D eigenvalue weighted by atomic mass is 10.1. The van der Waals surface area contributed by atoms with Crippen molar-refractivity contribution in [1.82, 2.24) is 9.91 Å². The van der Waals surface area contributed by atoms with Crippen molar-refractivity contribution in [3.63, 3.8) is 0 Å². The molecule has 3 aliphatic rings. The summed E-state index contributed by atoms with van der Waals surface area (Å²) >= 11 is 0. The van der Waals surface area contributed by atoms with Crippen LogP contribution in [0.15, 0.2) is 0 Å². The van der Waals surface area contributed by atoms with Gasteiger partial charge in [-0.1, -0.05) is 0 Å². The summed E-state index contributed by atoms with van der Waals surface area (Å²) in [7, 11) is 0. The Morgan fingerprint density at radius 1 is 1.21 bits per heavy atom. The summed E-state index contributed by atoms with van der Waals surface area (Å²) in [6.45, 7) is 5.37. The van der Waals surface area contributed by atoms with Crippen molar-refractivity contribution in [3.05, 3.63) is 0 Å². The monoisotopic (exact) mass is 197 g/mol. The third-order valence-electron chi connectivity index (χ3n) is 4.04. The van der Waals surface area contributed by atoms with Crippen LogP contribution >= 0.6 is 0 Å². The van der Waals surface area contributed by atoms with Crippen LogP contribution < -0.4 is 5.84 Å². The normalized spacial score (nSPS) is 44.8. The zero-order chi connectivity index (χ0) is 9.54. The summed E-state index contributed by atoms with van der Waals surface area (Å²) in [6, 6.07) is 1.30. The van der Waals surface area contributed by atoms with Gasteiger partial charge in [0.05, 0.1) is 6.61 Å². The van der Waals surface area contributed by atoms with Crippen LogP contribution in [0, 0.1) is 5.92 Å². The minimum Gasteiger partial charge on any atom is -0.380 e. The van der Waals surface area contributed by atoms with Gasteiger partial charge < -0.3 is 4.74 Å². The van der Waals surface area contributed by atoms with Crippen molar-refractivity contribution in [1.29, 1.82) is 0 Å². The molecule has 2 N–H and O–H groups in total. The van der Waals surface area contributed by atoms with Crippen molar-refractivity contribution < 1.29 is 4.74 Å². The predicted molar refractivity (Wildman–Crippen MR) is 53.6 cm³/mol. The van der Waals surface area contributed by atoms with Gasteiger partial charge in [-0.25, -0.2) is 5.01 Å². The molecule has 3 unspecified atom stereocenters. The molecule has 0 spiro atoms. The van der Waals surface area contributed by atoms with E-state index in [1.54, 1.807) is 0 Å². The van der Waals surface area contributed by atoms with Crippen LogP contribution in [0.4, 0.5) is 0 Å². The largest absolute Gasteiger partial charge is 0.380 e. The second-order valence-corrected chi connectivity index (χ2v) is 4.83. The standard InChI is InChI=1S/C10H19N3O/c11-13-3-1-8-5-12(6-10(8)13)9-2-4-14-7-9/h8-10H,1-7,11H2. The van der Waals surface area contributed by atoms with Crippen molar-refractivity contribution in [2.45, 2.75) is 24.9 Å². The minimum absolute atomic E-state index is 0.621. The van der Waals surface area contributed by atoms with E-state index in [-0.39, 0.29) is 0 Å². The summed E-state index contributed by atoms with van der Waals surface area (Å²) in [6.07, 6.45) is 2.50. The maximum Gasteiger partial charge on any atom is 0.0622 e. The summed E-state index contributed by atoms with van der Waals surface area (Å²) in [5.74, 6) is 6.78. The highest BCUT2D eigenvalue weighted by Gasteiger charge is 2.42. The molecular weight excluding hydrogens is 178 g/mol. The Bertz CT molecular complexity index is 217. The number of nitrogens with zero attached hydrogens (tertiary/aromatic N) is 2. The van der Waals surface area contributed by atoms with E-state index in [0.29, 0.717) is 12.1 Å². The van der Waals surface area contributed by atoms with Crippen LogP contribution in [0.3, 0.4) is 0 Å². The van der Waals surface area contributed by atoms with E-state index in [2.05, 4.69) is 4.90 Å². The minimum atomic E-state index is 0.621. The first-order valence-electron chi connectivity index (χ1n) is 5.68. The number of hydrazine groups is 1. The lowest BCUT2D eigenvalue weighted by Gasteiger charge is -2.24. The lowest BCUT2D eigenvalue weighted by molar-refractivity contribution is 0.147. The van der Waals surface area contributed by atoms with Gasteiger partial charge in [-0.15, -0.1) is 0 Å². The molecule has 0 bridgehead atoms. The number of nitrogens with two attached hydrogens (primary N) is 1. The molecule has 3 rings (SSSR count). The van der Waals surface area contributed by atoms with Gasteiger partial charge in [0, 0.05) is 38.3 Å². The molecule has 3 aliphatic heterocycles. The van der Waals surface area contributed by atoms with Gasteiger partial charge >= 0.3 is 0 Å². The molecule has 0 aromatic carbocycles. The molecule has 14 heavy (non-hydrogen) atoms. The SMILES string of the molecule is NN1CCC2CN(C3CCOC3)CC21. The number of fused-ring (bicyclic) bond motifs is 1. The fourth-order valence-electron chi connectivity index (χ4n) is 3.14. The van der Waals surface area contributed by atoms with Gasteiger partial charge in [-0.2, -0.15) is 0 Å². The van der Waals surface area contributed by atoms with Crippen molar-refractivity contribution >= 4 is 0 Å². The zero-order valence-corrected chi connectivity index (χ0v) is 8.56. The van der Waals surface area contributed by atoms with Crippen LogP contribution in [-0.2, 0) is 4.74 Å². The van der Waals surface area contributed by atoms with Crippen LogP contribution in [0.5, 0.6) is 0 Å². The number of ether oxygens (including phenoxy) is 1. The second kappa shape index (κ2) is 3.45. The molecule has 0 aliphatic carbocycles. The third kappa shape index (κ3) is 1.37. The molecule has 3 fully saturated rings. The molecule has 0 aromatic rings. The summed E-state index contributed by atoms with van der Waals surface area (Å²) in [4.78, 5) is 2.58. The van der Waals surface area contributed by atoms with E-state index in [4.69, 9.17) is 10.6 Å². The maximum absolute atomic E-state index is 5.96. The highest BCUT2D eigenvalue weighted by atomic mass is 16.5. The van der Waals surface area contributed by atoms with Gasteiger partial charge in [-0.3, -0.25) is 10.7 Å². The zero-order valence-electron chi connectivity index (χ0n) is 8.56. The number of hydrogen-bond donors (Lipinski definition) is 1. The third-order valence-corrected chi connectivity index (χ3v) is 4.04. The Hall–Kier alpha value is -0.160. The van der Waals surface area contributed by atoms with Crippen molar-refractivity contribution in [2.24, 2.45) is 11.8 Å². The summed E-state index contributed by atoms with van der Waals surface area (Å²) in [5.41, 5.74) is 0. The molecule has 4 heteroatoms. The first kappa shape index (κ1) is 9.09. The molecule has 4 nitrogen and oxygen atoms in total. The topological polar surface area (TPSA) is 41.7 Å². The molecule has 80 valence electrons. The molecule has 3 atom stereocenters. The summed E-state index contributed by atoms with van der Waals surface area (Å²) in [5, 5.41) is 2.04. The van der Waals surface area contributed by atoms with Crippen LogP contribution in [0.2, 0.25) is 0 Å². The first-order chi connectivity index (χ1) is 6.84. The van der Waals surface area contributed by atoms with Gasteiger partial charge in [0.1, 0.15) is 0 Å². The molecule has 0 aromatic heterocycles. The van der Waals surface area contributed by atoms with Crippen LogP contribution in [0.1, 0.15) is 12.8 Å². The van der Waals surface area contributed by atoms with Gasteiger partial charge in [0.15, 0.2) is 0 Å². The van der Waals surface area contributed by atoms with E-state index < -0.39 is 0 Å². The maximum atomic E-state index is 5.96. The molecule has 3 heterocycles. The number of likely N-dealkylation sites (tertiary alicyclic amines) is 1. The average Bonchev–Trinajstić information content (AvgIpc) is 2.83. The Labute approximate surface area is 84.9 Å². The molecule has 0 saturated carbocycles. The highest BCUT2D eigenvalue weighted by Crippen LogP contribution is 2.31. The van der Waals surface area contributed by atoms with Crippen LogP contribution in [-0.4, -0.2) is 54.8 Å². The predicted octanol–water partition coefficient (Wildman–Crippen LogP) is -0.345. The fourth-order valence-corrected chi connectivity index (χ4v) is 3.14. The van der Waals surface area contributed by atoms with Crippen molar-refractivity contribution in [3.8, 4) is 0 Å². The van der Waals surface area contributed by atoms with E-state index in [1.165, 1.54) is 19.4 Å². The summed E-state index contributed by atoms with van der Waals surface area (Å²) < 4.78 is 5.43. The van der Waals surface area contributed by atoms with E-state index in [9.17, 15) is 0 Å². The van der Waals surface area contributed by atoms with E-state index >= 15 is 0 Å². The quantitative estimate of drug-likeness (QED) is 0.584. The van der Waals surface area contributed by atoms with Gasteiger partial charge in [0.25, 0.3) is 0 Å². The number of hydrogen-bond acceptors (Lipinski definition) is 4. The van der Waals surface area contributed by atoms with E-state index in [1.807, 2.05) is 5.01 Å². The molecular formula is C10H19N3O. The van der Waals surface area contributed by atoms with Crippen LogP contribution in [0.25, 0.3) is 0 Å². The molecule has 3 saturated heterocycles. The molecule has 0 radical (unpaired) electrons. The Kier molecular flexibility index (Phi) is 2.24. The fraction of sp³-hybridized carbons (Fsp3) is 1.00. The van der Waals surface area contributed by atoms with Gasteiger partial charge in [-0.05, 0) is 18.8 Å². The smallest absolute Gasteiger partial charge is 0.0622 e.